The van der Waals surface area contributed by atoms with Crippen LogP contribution >= 0.6 is 15.9 Å². The van der Waals surface area contributed by atoms with Gasteiger partial charge in [-0.1, -0.05) is 34.1 Å². The third-order valence-electron chi connectivity index (χ3n) is 2.51. The van der Waals surface area contributed by atoms with Crippen LogP contribution in [0.4, 0.5) is 0 Å². The molecule has 1 aliphatic rings. The number of carbonyl (C=O) groups is 1. The van der Waals surface area contributed by atoms with Crippen LogP contribution in [0.25, 0.3) is 0 Å². The number of rotatable bonds is 2. The molecule has 0 bridgehead atoms. The predicted octanol–water partition coefficient (Wildman–Crippen LogP) is 2.48. The highest BCUT2D eigenvalue weighted by Gasteiger charge is 2.22. The van der Waals surface area contributed by atoms with Crippen LogP contribution in [-0.2, 0) is 4.79 Å². The summed E-state index contributed by atoms with van der Waals surface area (Å²) < 4.78 is 1.02. The fourth-order valence-corrected chi connectivity index (χ4v) is 1.83. The predicted molar refractivity (Wildman–Crippen MR) is 67.1 cm³/mol. The number of amides is 1. The van der Waals surface area contributed by atoms with Gasteiger partial charge in [0.15, 0.2) is 0 Å². The minimum atomic E-state index is -0.184. The highest BCUT2D eigenvalue weighted by molar-refractivity contribution is 9.10. The Bertz CT molecular complexity index is 451. The number of nitrogens with zero attached hydrogens (tertiary/aromatic N) is 1. The second-order valence-electron chi connectivity index (χ2n) is 3.59. The molecule has 1 N–H and O–H groups in total. The van der Waals surface area contributed by atoms with Gasteiger partial charge in [-0.3, -0.25) is 4.79 Å². The van der Waals surface area contributed by atoms with E-state index in [1.54, 1.807) is 6.08 Å². The molecule has 1 aliphatic heterocycles. The highest BCUT2D eigenvalue weighted by Crippen LogP contribution is 2.18. The summed E-state index contributed by atoms with van der Waals surface area (Å²) in [5.41, 5.74) is 4.42. The molecule has 0 saturated heterocycles. The van der Waals surface area contributed by atoms with E-state index in [0.29, 0.717) is 6.42 Å². The number of hydrogen-bond acceptors (Lipinski definition) is 2. The normalized spacial score (nSPS) is 19.9. The number of benzene rings is 1. The lowest BCUT2D eigenvalue weighted by molar-refractivity contribution is -0.123. The van der Waals surface area contributed by atoms with Crippen molar-refractivity contribution in [2.24, 2.45) is 11.0 Å². The van der Waals surface area contributed by atoms with Crippen molar-refractivity contribution < 1.29 is 4.79 Å². The Kier molecular flexibility index (Phi) is 3.19. The molecule has 0 spiro atoms. The van der Waals surface area contributed by atoms with Gasteiger partial charge in [-0.05, 0) is 17.7 Å². The van der Waals surface area contributed by atoms with Crippen molar-refractivity contribution in [1.29, 1.82) is 0 Å². The van der Waals surface area contributed by atoms with Crippen molar-refractivity contribution in [3.8, 4) is 0 Å². The molecule has 1 amide bonds. The van der Waals surface area contributed by atoms with Crippen LogP contribution in [-0.4, -0.2) is 11.6 Å². The van der Waals surface area contributed by atoms with Crippen molar-refractivity contribution in [1.82, 2.24) is 5.43 Å². The average molecular weight is 279 g/mol. The first-order valence-corrected chi connectivity index (χ1v) is 5.75. The van der Waals surface area contributed by atoms with Crippen molar-refractivity contribution in [3.63, 3.8) is 0 Å². The zero-order valence-corrected chi connectivity index (χ0v) is 10.2. The molecule has 1 aromatic carbocycles. The molecule has 1 aromatic rings. The average Bonchev–Trinajstić information content (AvgIpc) is 2.31. The molecule has 82 valence electrons. The number of carbonyl (C=O) groups excluding carboxylic acids is 1. The van der Waals surface area contributed by atoms with Gasteiger partial charge in [-0.25, -0.2) is 5.43 Å². The van der Waals surface area contributed by atoms with Crippen LogP contribution < -0.4 is 5.43 Å². The molecule has 0 unspecified atom stereocenters. The Morgan fingerprint density at radius 1 is 1.44 bits per heavy atom. The number of halogens is 1. The first kappa shape index (κ1) is 11.1. The van der Waals surface area contributed by atoms with Crippen molar-refractivity contribution >= 4 is 27.5 Å². The molecular formula is C12H11BrN2O. The largest absolute Gasteiger partial charge is 0.272 e. The Morgan fingerprint density at radius 3 is 2.75 bits per heavy atom. The lowest BCUT2D eigenvalue weighted by Crippen LogP contribution is -2.33. The molecule has 0 fully saturated rings. The van der Waals surface area contributed by atoms with Crippen LogP contribution in [0.15, 0.2) is 46.5 Å². The van der Waals surface area contributed by atoms with E-state index in [1.165, 1.54) is 0 Å². The molecule has 0 saturated carbocycles. The summed E-state index contributed by atoms with van der Waals surface area (Å²) in [4.78, 5) is 11.4. The molecular weight excluding hydrogens is 268 g/mol. The van der Waals surface area contributed by atoms with E-state index < -0.39 is 0 Å². The summed E-state index contributed by atoms with van der Waals surface area (Å²) in [7, 11) is 0. The number of hydrazone groups is 1. The summed E-state index contributed by atoms with van der Waals surface area (Å²) in [6, 6.07) is 7.86. The summed E-state index contributed by atoms with van der Waals surface area (Å²) >= 11 is 3.38. The molecule has 0 aromatic heterocycles. The van der Waals surface area contributed by atoms with E-state index in [0.717, 1.165) is 15.7 Å². The molecule has 0 aliphatic carbocycles. The SMILES string of the molecule is C=C[C@H]1CC(c2ccc(Br)cc2)=NNC1=O. The van der Waals surface area contributed by atoms with Gasteiger partial charge in [0.1, 0.15) is 0 Å². The maximum atomic E-state index is 11.4. The second kappa shape index (κ2) is 4.61. The minimum Gasteiger partial charge on any atom is -0.272 e. The van der Waals surface area contributed by atoms with Gasteiger partial charge in [-0.15, -0.1) is 6.58 Å². The Balaban J connectivity index is 2.25. The molecule has 4 heteroatoms. The fourth-order valence-electron chi connectivity index (χ4n) is 1.57. The summed E-state index contributed by atoms with van der Waals surface area (Å²) in [5, 5.41) is 4.06. The smallest absolute Gasteiger partial charge is 0.247 e. The zero-order valence-electron chi connectivity index (χ0n) is 8.61. The Labute approximate surface area is 102 Å². The minimum absolute atomic E-state index is 0.0872. The van der Waals surface area contributed by atoms with E-state index >= 15 is 0 Å². The second-order valence-corrected chi connectivity index (χ2v) is 4.50. The van der Waals surface area contributed by atoms with Crippen LogP contribution in [0.1, 0.15) is 12.0 Å². The van der Waals surface area contributed by atoms with E-state index in [1.807, 2.05) is 24.3 Å². The Morgan fingerprint density at radius 2 is 2.12 bits per heavy atom. The highest BCUT2D eigenvalue weighted by atomic mass is 79.9. The topological polar surface area (TPSA) is 41.5 Å². The van der Waals surface area contributed by atoms with Gasteiger partial charge < -0.3 is 0 Å². The molecule has 1 heterocycles. The number of nitrogens with one attached hydrogen (secondary N) is 1. The van der Waals surface area contributed by atoms with Gasteiger partial charge in [0, 0.05) is 10.9 Å². The van der Waals surface area contributed by atoms with Crippen molar-refractivity contribution in [3.05, 3.63) is 47.0 Å². The third kappa shape index (κ3) is 2.22. The van der Waals surface area contributed by atoms with E-state index in [4.69, 9.17) is 0 Å². The van der Waals surface area contributed by atoms with Gasteiger partial charge >= 0.3 is 0 Å². The van der Waals surface area contributed by atoms with E-state index in [2.05, 4.69) is 33.0 Å². The van der Waals surface area contributed by atoms with Gasteiger partial charge in [0.2, 0.25) is 5.91 Å². The maximum Gasteiger partial charge on any atom is 0.247 e. The van der Waals surface area contributed by atoms with Gasteiger partial charge in [0.25, 0.3) is 0 Å². The van der Waals surface area contributed by atoms with Crippen LogP contribution in [0, 0.1) is 5.92 Å². The van der Waals surface area contributed by atoms with Crippen LogP contribution in [0.3, 0.4) is 0 Å². The standard InChI is InChI=1S/C12H11BrN2O/c1-2-8-7-11(14-15-12(8)16)9-3-5-10(13)6-4-9/h2-6,8H,1,7H2,(H,15,16)/t8-/m0/s1. The number of hydrogen-bond donors (Lipinski definition) is 1. The summed E-state index contributed by atoms with van der Waals surface area (Å²) in [6.07, 6.45) is 2.26. The Hall–Kier alpha value is -1.42. The molecule has 0 radical (unpaired) electrons. The molecule has 1 atom stereocenters. The lowest BCUT2D eigenvalue weighted by Gasteiger charge is -2.18. The first-order chi connectivity index (χ1) is 7.70. The van der Waals surface area contributed by atoms with Crippen molar-refractivity contribution in [2.75, 3.05) is 0 Å². The van der Waals surface area contributed by atoms with Crippen LogP contribution in [0.5, 0.6) is 0 Å². The van der Waals surface area contributed by atoms with Gasteiger partial charge in [-0.2, -0.15) is 5.10 Å². The van der Waals surface area contributed by atoms with Crippen molar-refractivity contribution in [2.45, 2.75) is 6.42 Å². The summed E-state index contributed by atoms with van der Waals surface area (Å²) in [6.45, 7) is 3.65. The zero-order chi connectivity index (χ0) is 11.5. The first-order valence-electron chi connectivity index (χ1n) is 4.95. The van der Waals surface area contributed by atoms with Crippen LogP contribution in [0.2, 0.25) is 0 Å². The third-order valence-corrected chi connectivity index (χ3v) is 3.04. The molecule has 16 heavy (non-hydrogen) atoms. The van der Waals surface area contributed by atoms with E-state index in [9.17, 15) is 4.79 Å². The quantitative estimate of drug-likeness (QED) is 0.830. The maximum absolute atomic E-state index is 11.4. The fraction of sp³-hybridized carbons (Fsp3) is 0.167. The molecule has 3 nitrogen and oxygen atoms in total. The molecule has 2 rings (SSSR count). The monoisotopic (exact) mass is 278 g/mol. The summed E-state index contributed by atoms with van der Waals surface area (Å²) in [5.74, 6) is -0.271. The lowest BCUT2D eigenvalue weighted by atomic mass is 9.96. The van der Waals surface area contributed by atoms with Gasteiger partial charge in [0.05, 0.1) is 11.6 Å². The van der Waals surface area contributed by atoms with E-state index in [-0.39, 0.29) is 11.8 Å².